The summed E-state index contributed by atoms with van der Waals surface area (Å²) >= 11 is 0. The van der Waals surface area contributed by atoms with Crippen LogP contribution >= 0.6 is 0 Å². The van der Waals surface area contributed by atoms with Crippen molar-refractivity contribution in [3.05, 3.63) is 17.5 Å². The molecule has 18 heavy (non-hydrogen) atoms. The predicted octanol–water partition coefficient (Wildman–Crippen LogP) is 1.14. The maximum Gasteiger partial charge on any atom is 0.225 e. The molecule has 100 valence electrons. The van der Waals surface area contributed by atoms with E-state index in [0.29, 0.717) is 25.0 Å². The molecule has 1 aliphatic heterocycles. The highest BCUT2D eigenvalue weighted by molar-refractivity contribution is 7.91. The van der Waals surface area contributed by atoms with Gasteiger partial charge in [-0.3, -0.25) is 0 Å². The van der Waals surface area contributed by atoms with Crippen molar-refractivity contribution in [1.29, 1.82) is 0 Å². The Bertz CT molecular complexity index is 526. The van der Waals surface area contributed by atoms with Crippen LogP contribution in [0.25, 0.3) is 0 Å². The largest absolute Gasteiger partial charge is 0.339 e. The second-order valence-corrected chi connectivity index (χ2v) is 7.31. The Morgan fingerprint density at radius 1 is 1.28 bits per heavy atom. The minimum atomic E-state index is -2.85. The van der Waals surface area contributed by atoms with Crippen molar-refractivity contribution in [3.63, 3.8) is 0 Å². The minimum absolute atomic E-state index is 0.196. The van der Waals surface area contributed by atoms with Gasteiger partial charge in [0.15, 0.2) is 9.84 Å². The van der Waals surface area contributed by atoms with Crippen molar-refractivity contribution in [2.24, 2.45) is 0 Å². The van der Waals surface area contributed by atoms with E-state index in [0.717, 1.165) is 11.3 Å². The third-order valence-electron chi connectivity index (χ3n) is 3.25. The molecule has 0 atom stereocenters. The van der Waals surface area contributed by atoms with E-state index >= 15 is 0 Å². The normalized spacial score (nSPS) is 19.2. The number of anilines is 1. The van der Waals surface area contributed by atoms with E-state index in [9.17, 15) is 8.42 Å². The fraction of sp³-hybridized carbons (Fsp3) is 0.667. The summed E-state index contributed by atoms with van der Waals surface area (Å²) in [6.45, 7) is 7.17. The first kappa shape index (κ1) is 13.3. The molecule has 0 bridgehead atoms. The molecule has 0 unspecified atom stereocenters. The van der Waals surface area contributed by atoms with E-state index in [1.54, 1.807) is 0 Å². The summed E-state index contributed by atoms with van der Waals surface area (Å²) in [5, 5.41) is 0. The molecule has 5 nitrogen and oxygen atoms in total. The fourth-order valence-corrected chi connectivity index (χ4v) is 3.30. The Morgan fingerprint density at radius 2 is 1.89 bits per heavy atom. The monoisotopic (exact) mass is 269 g/mol. The van der Waals surface area contributed by atoms with Gasteiger partial charge in [-0.2, -0.15) is 0 Å². The Hall–Kier alpha value is -1.17. The molecular formula is C12H19N3O2S. The lowest BCUT2D eigenvalue weighted by Crippen LogP contribution is -2.41. The number of hydrogen-bond acceptors (Lipinski definition) is 5. The highest BCUT2D eigenvalue weighted by Crippen LogP contribution is 2.19. The van der Waals surface area contributed by atoms with Gasteiger partial charge in [-0.1, -0.05) is 13.8 Å². The molecule has 2 rings (SSSR count). The fourth-order valence-electron chi connectivity index (χ4n) is 2.10. The van der Waals surface area contributed by atoms with Gasteiger partial charge in [0.1, 0.15) is 0 Å². The third kappa shape index (κ3) is 2.80. The summed E-state index contributed by atoms with van der Waals surface area (Å²) in [4.78, 5) is 10.8. The van der Waals surface area contributed by atoms with Gasteiger partial charge >= 0.3 is 0 Å². The van der Waals surface area contributed by atoms with Gasteiger partial charge in [0, 0.05) is 25.0 Å². The third-order valence-corrected chi connectivity index (χ3v) is 4.86. The summed E-state index contributed by atoms with van der Waals surface area (Å²) in [5.41, 5.74) is 2.12. The van der Waals surface area contributed by atoms with Crippen LogP contribution in [-0.4, -0.2) is 43.0 Å². The summed E-state index contributed by atoms with van der Waals surface area (Å²) in [6.07, 6.45) is 1.85. The standard InChI is InChI=1S/C12H19N3O2S/c1-9(2)11-8-13-12(14-10(11)3)15-4-6-18(16,17)7-5-15/h8-9H,4-7H2,1-3H3. The van der Waals surface area contributed by atoms with Gasteiger partial charge in [-0.15, -0.1) is 0 Å². The number of aromatic nitrogens is 2. The average Bonchev–Trinajstić information content (AvgIpc) is 2.28. The molecule has 1 fully saturated rings. The lowest BCUT2D eigenvalue weighted by Gasteiger charge is -2.27. The van der Waals surface area contributed by atoms with E-state index in [1.165, 1.54) is 0 Å². The topological polar surface area (TPSA) is 63.2 Å². The summed E-state index contributed by atoms with van der Waals surface area (Å²) in [5.74, 6) is 1.44. The maximum absolute atomic E-state index is 11.4. The molecule has 0 aliphatic carbocycles. The van der Waals surface area contributed by atoms with Gasteiger partial charge in [0.2, 0.25) is 5.95 Å². The molecule has 0 aromatic carbocycles. The van der Waals surface area contributed by atoms with Gasteiger partial charge in [-0.25, -0.2) is 18.4 Å². The number of rotatable bonds is 2. The lowest BCUT2D eigenvalue weighted by atomic mass is 10.0. The Kier molecular flexibility index (Phi) is 3.56. The van der Waals surface area contributed by atoms with Crippen LogP contribution in [0.3, 0.4) is 0 Å². The van der Waals surface area contributed by atoms with Gasteiger partial charge in [0.05, 0.1) is 11.5 Å². The van der Waals surface area contributed by atoms with Gasteiger partial charge in [-0.05, 0) is 18.4 Å². The van der Waals surface area contributed by atoms with E-state index in [1.807, 2.05) is 18.0 Å². The molecule has 0 N–H and O–H groups in total. The first-order valence-corrected chi connectivity index (χ1v) is 8.00. The van der Waals surface area contributed by atoms with Crippen LogP contribution in [0.15, 0.2) is 6.20 Å². The molecule has 0 amide bonds. The zero-order valence-corrected chi connectivity index (χ0v) is 11.9. The molecule has 1 saturated heterocycles. The van der Waals surface area contributed by atoms with Crippen molar-refractivity contribution in [1.82, 2.24) is 9.97 Å². The van der Waals surface area contributed by atoms with Crippen LogP contribution in [-0.2, 0) is 9.84 Å². The quantitative estimate of drug-likeness (QED) is 0.805. The summed E-state index contributed by atoms with van der Waals surface area (Å²) < 4.78 is 22.7. The Morgan fingerprint density at radius 3 is 2.39 bits per heavy atom. The van der Waals surface area contributed by atoms with E-state index in [-0.39, 0.29) is 11.5 Å². The molecule has 2 heterocycles. The summed E-state index contributed by atoms with van der Waals surface area (Å²) in [7, 11) is -2.85. The highest BCUT2D eigenvalue weighted by Gasteiger charge is 2.23. The molecular weight excluding hydrogens is 250 g/mol. The van der Waals surface area contributed by atoms with E-state index in [4.69, 9.17) is 0 Å². The van der Waals surface area contributed by atoms with Crippen molar-refractivity contribution in [2.45, 2.75) is 26.7 Å². The van der Waals surface area contributed by atoms with Crippen LogP contribution in [0.2, 0.25) is 0 Å². The summed E-state index contributed by atoms with van der Waals surface area (Å²) in [6, 6.07) is 0. The first-order valence-electron chi connectivity index (χ1n) is 6.18. The smallest absolute Gasteiger partial charge is 0.225 e. The number of hydrogen-bond donors (Lipinski definition) is 0. The van der Waals surface area contributed by atoms with Crippen LogP contribution in [0.1, 0.15) is 31.0 Å². The van der Waals surface area contributed by atoms with E-state index in [2.05, 4.69) is 23.8 Å². The SMILES string of the molecule is Cc1nc(N2CCS(=O)(=O)CC2)ncc1C(C)C. The second-order valence-electron chi connectivity index (χ2n) is 5.00. The lowest BCUT2D eigenvalue weighted by molar-refractivity contribution is 0.585. The zero-order chi connectivity index (χ0) is 13.3. The van der Waals surface area contributed by atoms with Crippen molar-refractivity contribution >= 4 is 15.8 Å². The molecule has 0 radical (unpaired) electrons. The minimum Gasteiger partial charge on any atom is -0.339 e. The average molecular weight is 269 g/mol. The first-order chi connectivity index (χ1) is 8.39. The predicted molar refractivity (Wildman–Crippen MR) is 71.7 cm³/mol. The van der Waals surface area contributed by atoms with Crippen LogP contribution in [0.5, 0.6) is 0 Å². The zero-order valence-electron chi connectivity index (χ0n) is 11.0. The molecule has 0 saturated carbocycles. The van der Waals surface area contributed by atoms with Gasteiger partial charge in [0.25, 0.3) is 0 Å². The molecule has 1 aliphatic rings. The number of nitrogens with zero attached hydrogens (tertiary/aromatic N) is 3. The number of sulfone groups is 1. The molecule has 1 aromatic heterocycles. The van der Waals surface area contributed by atoms with Crippen LogP contribution in [0.4, 0.5) is 5.95 Å². The second kappa shape index (κ2) is 4.84. The van der Waals surface area contributed by atoms with Crippen molar-refractivity contribution in [2.75, 3.05) is 29.5 Å². The molecule has 0 spiro atoms. The molecule has 1 aromatic rings. The number of aryl methyl sites for hydroxylation is 1. The molecule has 6 heteroatoms. The van der Waals surface area contributed by atoms with E-state index < -0.39 is 9.84 Å². The maximum atomic E-state index is 11.4. The Balaban J connectivity index is 2.18. The van der Waals surface area contributed by atoms with Crippen LogP contribution in [0, 0.1) is 6.92 Å². The van der Waals surface area contributed by atoms with Gasteiger partial charge < -0.3 is 4.90 Å². The van der Waals surface area contributed by atoms with Crippen molar-refractivity contribution in [3.8, 4) is 0 Å². The highest BCUT2D eigenvalue weighted by atomic mass is 32.2. The Labute approximate surface area is 108 Å². The van der Waals surface area contributed by atoms with Crippen LogP contribution < -0.4 is 4.90 Å². The van der Waals surface area contributed by atoms with Crippen molar-refractivity contribution < 1.29 is 8.42 Å².